The molecule has 1 atom stereocenters. The third kappa shape index (κ3) is 4.71. The highest BCUT2D eigenvalue weighted by Gasteiger charge is 2.36. The number of carbonyl (C=O) groups is 1. The quantitative estimate of drug-likeness (QED) is 0.439. The zero-order valence-corrected chi connectivity index (χ0v) is 22.4. The molecule has 0 spiro atoms. The predicted octanol–water partition coefficient (Wildman–Crippen LogP) is 5.47. The highest BCUT2D eigenvalue weighted by molar-refractivity contribution is 7.91. The third-order valence-electron chi connectivity index (χ3n) is 8.57. The molecule has 1 aliphatic heterocycles. The Morgan fingerprint density at radius 1 is 1.03 bits per heavy atom. The average Bonchev–Trinajstić information content (AvgIpc) is 3.64. The van der Waals surface area contributed by atoms with Crippen LogP contribution in [-0.2, 0) is 9.84 Å². The molecule has 3 aromatic rings. The van der Waals surface area contributed by atoms with Crippen LogP contribution in [0.5, 0.6) is 0 Å². The molecule has 4 heterocycles. The van der Waals surface area contributed by atoms with Crippen molar-refractivity contribution in [2.24, 2.45) is 0 Å². The van der Waals surface area contributed by atoms with Crippen molar-refractivity contribution in [3.8, 4) is 11.5 Å². The molecule has 9 heteroatoms. The van der Waals surface area contributed by atoms with Gasteiger partial charge in [-0.2, -0.15) is 5.10 Å². The maximum absolute atomic E-state index is 14.6. The van der Waals surface area contributed by atoms with Gasteiger partial charge in [0.25, 0.3) is 5.91 Å². The molecule has 3 fully saturated rings. The average molecular weight is 525 g/mol. The van der Waals surface area contributed by atoms with Gasteiger partial charge >= 0.3 is 0 Å². The number of pyridine rings is 1. The molecule has 198 valence electrons. The van der Waals surface area contributed by atoms with Crippen molar-refractivity contribution in [2.45, 2.75) is 95.7 Å². The Bertz CT molecular complexity index is 1370. The Kier molecular flexibility index (Phi) is 6.59. The van der Waals surface area contributed by atoms with Gasteiger partial charge in [-0.3, -0.25) is 4.79 Å². The summed E-state index contributed by atoms with van der Waals surface area (Å²) in [6.45, 7) is 1.90. The van der Waals surface area contributed by atoms with Crippen molar-refractivity contribution in [1.82, 2.24) is 19.7 Å². The van der Waals surface area contributed by atoms with Crippen molar-refractivity contribution in [2.75, 3.05) is 11.5 Å². The van der Waals surface area contributed by atoms with Crippen LogP contribution in [-0.4, -0.2) is 57.6 Å². The molecule has 0 radical (unpaired) electrons. The first kappa shape index (κ1) is 24.6. The Hall–Kier alpha value is -2.68. The standard InChI is InChI=1S/C28H36N4O4S/c1-19-26-23(28(33)31(20-9-4-2-5-10-20)21-11-6-3-7-12-21)17-24(25-13-8-15-36-25)29-27(26)32(30-19)22-14-16-37(34,35)18-22/h8,13,15,17,20-22H,2-7,9-12,14,16,18H2,1H3. The second kappa shape index (κ2) is 9.89. The normalized spacial score (nSPS) is 23.0. The van der Waals surface area contributed by atoms with Gasteiger partial charge in [-0.1, -0.05) is 38.5 Å². The lowest BCUT2D eigenvalue weighted by Crippen LogP contribution is -2.48. The lowest BCUT2D eigenvalue weighted by Gasteiger charge is -2.42. The summed E-state index contributed by atoms with van der Waals surface area (Å²) >= 11 is 0. The molecule has 6 rings (SSSR count). The highest BCUT2D eigenvalue weighted by Crippen LogP contribution is 2.36. The largest absolute Gasteiger partial charge is 0.463 e. The van der Waals surface area contributed by atoms with Crippen molar-refractivity contribution in [1.29, 1.82) is 0 Å². The van der Waals surface area contributed by atoms with Gasteiger partial charge in [0, 0.05) is 12.1 Å². The Balaban J connectivity index is 1.50. The number of amides is 1. The van der Waals surface area contributed by atoms with Gasteiger partial charge in [-0.15, -0.1) is 0 Å². The number of aromatic nitrogens is 3. The number of fused-ring (bicyclic) bond motifs is 1. The first-order chi connectivity index (χ1) is 17.9. The summed E-state index contributed by atoms with van der Waals surface area (Å²) in [6.07, 6.45) is 13.5. The fourth-order valence-electron chi connectivity index (χ4n) is 6.74. The smallest absolute Gasteiger partial charge is 0.255 e. The summed E-state index contributed by atoms with van der Waals surface area (Å²) in [6, 6.07) is 5.76. The van der Waals surface area contributed by atoms with E-state index in [1.165, 1.54) is 12.8 Å². The van der Waals surface area contributed by atoms with Crippen LogP contribution in [0.2, 0.25) is 0 Å². The molecule has 0 aromatic carbocycles. The summed E-state index contributed by atoms with van der Waals surface area (Å²) in [5.41, 5.74) is 2.48. The maximum atomic E-state index is 14.6. The number of furan rings is 1. The van der Waals surface area contributed by atoms with E-state index in [1.807, 2.05) is 25.1 Å². The second-order valence-electron chi connectivity index (χ2n) is 11.1. The molecule has 8 nitrogen and oxygen atoms in total. The fourth-order valence-corrected chi connectivity index (χ4v) is 8.43. The van der Waals surface area contributed by atoms with E-state index in [-0.39, 0.29) is 35.5 Å². The van der Waals surface area contributed by atoms with Crippen LogP contribution >= 0.6 is 0 Å². The maximum Gasteiger partial charge on any atom is 0.255 e. The van der Waals surface area contributed by atoms with Crippen LogP contribution in [0.1, 0.15) is 92.7 Å². The molecule has 3 aromatic heterocycles. The van der Waals surface area contributed by atoms with Crippen LogP contribution in [0.3, 0.4) is 0 Å². The monoisotopic (exact) mass is 524 g/mol. The minimum absolute atomic E-state index is 0.0510. The van der Waals surface area contributed by atoms with Gasteiger partial charge in [0.05, 0.1) is 40.5 Å². The van der Waals surface area contributed by atoms with Crippen LogP contribution in [0.25, 0.3) is 22.5 Å². The summed E-state index contributed by atoms with van der Waals surface area (Å²) in [5.74, 6) is 0.844. The van der Waals surface area contributed by atoms with Crippen LogP contribution in [0.4, 0.5) is 0 Å². The molecular formula is C28H36N4O4S. The molecule has 0 N–H and O–H groups in total. The SMILES string of the molecule is Cc1nn(C2CCS(=O)(=O)C2)c2nc(-c3ccco3)cc(C(=O)N(C3CCCCC3)C3CCCCC3)c12. The molecule has 37 heavy (non-hydrogen) atoms. The fraction of sp³-hybridized carbons (Fsp3) is 0.607. The lowest BCUT2D eigenvalue weighted by atomic mass is 9.88. The van der Waals surface area contributed by atoms with E-state index >= 15 is 0 Å². The van der Waals surface area contributed by atoms with Gasteiger partial charge < -0.3 is 9.32 Å². The summed E-state index contributed by atoms with van der Waals surface area (Å²) in [5, 5.41) is 5.51. The molecular weight excluding hydrogens is 488 g/mol. The van der Waals surface area contributed by atoms with Gasteiger partial charge in [0.1, 0.15) is 5.69 Å². The molecule has 2 saturated carbocycles. The molecule has 1 amide bonds. The molecule has 1 unspecified atom stereocenters. The summed E-state index contributed by atoms with van der Waals surface area (Å²) in [4.78, 5) is 21.7. The van der Waals surface area contributed by atoms with Crippen LogP contribution in [0, 0.1) is 6.92 Å². The van der Waals surface area contributed by atoms with Gasteiger partial charge in [0.15, 0.2) is 21.2 Å². The topological polar surface area (TPSA) is 98.3 Å². The van der Waals surface area contributed by atoms with Crippen LogP contribution < -0.4 is 0 Å². The molecule has 1 saturated heterocycles. The number of nitrogens with zero attached hydrogens (tertiary/aromatic N) is 4. The molecule has 0 bridgehead atoms. The lowest BCUT2D eigenvalue weighted by molar-refractivity contribution is 0.0450. The number of aryl methyl sites for hydroxylation is 1. The Morgan fingerprint density at radius 2 is 1.70 bits per heavy atom. The number of sulfone groups is 1. The van der Waals surface area contributed by atoms with E-state index in [1.54, 1.807) is 10.9 Å². The van der Waals surface area contributed by atoms with E-state index < -0.39 is 9.84 Å². The zero-order chi connectivity index (χ0) is 25.6. The summed E-state index contributed by atoms with van der Waals surface area (Å²) in [7, 11) is -3.11. The minimum Gasteiger partial charge on any atom is -0.463 e. The third-order valence-corrected chi connectivity index (χ3v) is 10.3. The van der Waals surface area contributed by atoms with E-state index in [4.69, 9.17) is 14.5 Å². The van der Waals surface area contributed by atoms with E-state index in [9.17, 15) is 13.2 Å². The van der Waals surface area contributed by atoms with E-state index in [0.717, 1.165) is 56.8 Å². The van der Waals surface area contributed by atoms with Gasteiger partial charge in [0.2, 0.25) is 0 Å². The first-order valence-electron chi connectivity index (χ1n) is 13.9. The van der Waals surface area contributed by atoms with E-state index in [2.05, 4.69) is 4.90 Å². The Morgan fingerprint density at radius 3 is 2.27 bits per heavy atom. The first-order valence-corrected chi connectivity index (χ1v) is 15.7. The molecule has 3 aliphatic rings. The van der Waals surface area contributed by atoms with Crippen LogP contribution in [0.15, 0.2) is 28.9 Å². The number of hydrogen-bond acceptors (Lipinski definition) is 6. The van der Waals surface area contributed by atoms with Crippen molar-refractivity contribution in [3.05, 3.63) is 35.7 Å². The zero-order valence-electron chi connectivity index (χ0n) is 21.6. The second-order valence-corrected chi connectivity index (χ2v) is 13.3. The number of hydrogen-bond donors (Lipinski definition) is 0. The Labute approximate surface area is 218 Å². The number of rotatable bonds is 5. The highest BCUT2D eigenvalue weighted by atomic mass is 32.2. The van der Waals surface area contributed by atoms with Crippen molar-refractivity contribution >= 4 is 26.8 Å². The predicted molar refractivity (Wildman–Crippen MR) is 142 cm³/mol. The van der Waals surface area contributed by atoms with Crippen molar-refractivity contribution < 1.29 is 17.6 Å². The number of carbonyl (C=O) groups excluding carboxylic acids is 1. The summed E-state index contributed by atoms with van der Waals surface area (Å²) < 4.78 is 32.0. The van der Waals surface area contributed by atoms with E-state index in [0.29, 0.717) is 34.8 Å². The molecule has 2 aliphatic carbocycles. The van der Waals surface area contributed by atoms with Gasteiger partial charge in [-0.25, -0.2) is 18.1 Å². The van der Waals surface area contributed by atoms with Gasteiger partial charge in [-0.05, 0) is 57.2 Å². The minimum atomic E-state index is -3.11. The van der Waals surface area contributed by atoms with Crippen molar-refractivity contribution in [3.63, 3.8) is 0 Å².